The molecule has 136 valence electrons. The maximum atomic E-state index is 12.6. The van der Waals surface area contributed by atoms with Gasteiger partial charge in [-0.1, -0.05) is 17.7 Å². The number of likely N-dealkylation sites (N-methyl/N-ethyl adjacent to an activating group) is 1. The fourth-order valence-corrected chi connectivity index (χ4v) is 3.77. The Kier molecular flexibility index (Phi) is 4.87. The van der Waals surface area contributed by atoms with Gasteiger partial charge in [-0.3, -0.25) is 14.5 Å². The Hall–Kier alpha value is -1.88. The van der Waals surface area contributed by atoms with Crippen LogP contribution in [0.3, 0.4) is 0 Å². The lowest BCUT2D eigenvalue weighted by atomic mass is 9.86. The van der Waals surface area contributed by atoms with E-state index in [1.807, 2.05) is 48.0 Å². The van der Waals surface area contributed by atoms with Gasteiger partial charge in [-0.25, -0.2) is 0 Å². The first-order chi connectivity index (χ1) is 11.8. The van der Waals surface area contributed by atoms with E-state index in [-0.39, 0.29) is 17.2 Å². The van der Waals surface area contributed by atoms with Crippen LogP contribution < -0.4 is 4.90 Å². The van der Waals surface area contributed by atoms with E-state index in [4.69, 9.17) is 0 Å². The standard InChI is InChI=1S/C20H29N3O2/c1-15(2)21(4)12-19(25)22-10-9-20(13-22)11-18(24)23(14-20)17-7-5-16(3)6-8-17/h5-8,15H,9-14H2,1-4H3/t20-/m0/s1. The molecule has 1 aromatic rings. The van der Waals surface area contributed by atoms with Crippen molar-refractivity contribution in [3.05, 3.63) is 29.8 Å². The van der Waals surface area contributed by atoms with Crippen LogP contribution in [-0.2, 0) is 9.59 Å². The number of rotatable bonds is 4. The molecule has 1 spiro atoms. The molecule has 3 rings (SSSR count). The molecule has 1 atom stereocenters. The van der Waals surface area contributed by atoms with Crippen LogP contribution in [0.25, 0.3) is 0 Å². The van der Waals surface area contributed by atoms with Gasteiger partial charge in [0, 0.05) is 43.2 Å². The molecule has 2 fully saturated rings. The molecule has 5 heteroatoms. The van der Waals surface area contributed by atoms with Crippen LogP contribution in [-0.4, -0.2) is 60.9 Å². The molecule has 0 aliphatic carbocycles. The first-order valence-electron chi connectivity index (χ1n) is 9.15. The van der Waals surface area contributed by atoms with Gasteiger partial charge in [-0.15, -0.1) is 0 Å². The predicted octanol–water partition coefficient (Wildman–Crippen LogP) is 2.29. The van der Waals surface area contributed by atoms with Gasteiger partial charge in [0.1, 0.15) is 0 Å². The molecular weight excluding hydrogens is 314 g/mol. The molecule has 2 aliphatic heterocycles. The number of amides is 2. The van der Waals surface area contributed by atoms with E-state index in [1.165, 1.54) is 5.56 Å². The molecule has 0 aromatic heterocycles. The van der Waals surface area contributed by atoms with Crippen LogP contribution in [0.5, 0.6) is 0 Å². The van der Waals surface area contributed by atoms with Crippen molar-refractivity contribution < 1.29 is 9.59 Å². The van der Waals surface area contributed by atoms with Crippen LogP contribution in [0.2, 0.25) is 0 Å². The molecule has 2 amide bonds. The molecule has 0 bridgehead atoms. The third-order valence-corrected chi connectivity index (χ3v) is 5.72. The minimum Gasteiger partial charge on any atom is -0.341 e. The number of hydrogen-bond donors (Lipinski definition) is 0. The molecule has 25 heavy (non-hydrogen) atoms. The highest BCUT2D eigenvalue weighted by molar-refractivity contribution is 5.96. The van der Waals surface area contributed by atoms with Crippen LogP contribution in [0.1, 0.15) is 32.3 Å². The Morgan fingerprint density at radius 3 is 2.56 bits per heavy atom. The summed E-state index contributed by atoms with van der Waals surface area (Å²) in [7, 11) is 1.98. The van der Waals surface area contributed by atoms with Crippen molar-refractivity contribution in [2.24, 2.45) is 5.41 Å². The van der Waals surface area contributed by atoms with Crippen molar-refractivity contribution in [3.63, 3.8) is 0 Å². The first kappa shape index (κ1) is 17.9. The maximum Gasteiger partial charge on any atom is 0.236 e. The summed E-state index contributed by atoms with van der Waals surface area (Å²) < 4.78 is 0. The summed E-state index contributed by atoms with van der Waals surface area (Å²) in [6.07, 6.45) is 1.46. The number of carbonyl (C=O) groups is 2. The maximum absolute atomic E-state index is 12.6. The number of nitrogens with zero attached hydrogens (tertiary/aromatic N) is 3. The lowest BCUT2D eigenvalue weighted by Gasteiger charge is -2.26. The van der Waals surface area contributed by atoms with E-state index in [2.05, 4.69) is 18.7 Å². The Bertz CT molecular complexity index is 655. The zero-order valence-corrected chi connectivity index (χ0v) is 15.8. The summed E-state index contributed by atoms with van der Waals surface area (Å²) in [5.74, 6) is 0.353. The van der Waals surface area contributed by atoms with Gasteiger partial charge in [0.25, 0.3) is 0 Å². The lowest BCUT2D eigenvalue weighted by molar-refractivity contribution is -0.132. The normalized spacial score (nSPS) is 23.5. The second-order valence-corrected chi connectivity index (χ2v) is 8.07. The summed E-state index contributed by atoms with van der Waals surface area (Å²) in [4.78, 5) is 31.0. The number of benzene rings is 1. The van der Waals surface area contributed by atoms with Gasteiger partial charge in [0.15, 0.2) is 0 Å². The molecule has 0 unspecified atom stereocenters. The molecule has 2 saturated heterocycles. The number of hydrogen-bond acceptors (Lipinski definition) is 3. The van der Waals surface area contributed by atoms with E-state index in [0.29, 0.717) is 25.6 Å². The van der Waals surface area contributed by atoms with Crippen molar-refractivity contribution in [2.45, 2.75) is 39.7 Å². The SMILES string of the molecule is Cc1ccc(N2C[C@@]3(CCN(C(=O)CN(C)C(C)C)C3)CC2=O)cc1. The molecular formula is C20H29N3O2. The van der Waals surface area contributed by atoms with Crippen LogP contribution >= 0.6 is 0 Å². The third-order valence-electron chi connectivity index (χ3n) is 5.72. The first-order valence-corrected chi connectivity index (χ1v) is 9.15. The quantitative estimate of drug-likeness (QED) is 0.842. The largest absolute Gasteiger partial charge is 0.341 e. The molecule has 0 saturated carbocycles. The Morgan fingerprint density at radius 1 is 1.24 bits per heavy atom. The zero-order valence-electron chi connectivity index (χ0n) is 15.8. The van der Waals surface area contributed by atoms with Gasteiger partial charge >= 0.3 is 0 Å². The second-order valence-electron chi connectivity index (χ2n) is 8.07. The lowest BCUT2D eigenvalue weighted by Crippen LogP contribution is -2.41. The van der Waals surface area contributed by atoms with Gasteiger partial charge in [0.2, 0.25) is 11.8 Å². The number of aryl methyl sites for hydroxylation is 1. The summed E-state index contributed by atoms with van der Waals surface area (Å²) in [6, 6.07) is 8.47. The van der Waals surface area contributed by atoms with E-state index >= 15 is 0 Å². The molecule has 1 aromatic carbocycles. The van der Waals surface area contributed by atoms with Gasteiger partial charge in [-0.2, -0.15) is 0 Å². The highest BCUT2D eigenvalue weighted by atomic mass is 16.2. The van der Waals surface area contributed by atoms with Crippen molar-refractivity contribution in [3.8, 4) is 0 Å². The third kappa shape index (κ3) is 3.71. The minimum absolute atomic E-state index is 0.0754. The molecule has 0 radical (unpaired) electrons. The topological polar surface area (TPSA) is 43.9 Å². The average Bonchev–Trinajstić information content (AvgIpc) is 3.11. The van der Waals surface area contributed by atoms with E-state index in [1.54, 1.807) is 0 Å². The van der Waals surface area contributed by atoms with Crippen molar-refractivity contribution in [1.29, 1.82) is 0 Å². The molecule has 2 heterocycles. The minimum atomic E-state index is -0.0754. The van der Waals surface area contributed by atoms with Crippen molar-refractivity contribution in [1.82, 2.24) is 9.80 Å². The van der Waals surface area contributed by atoms with Crippen LogP contribution in [0.4, 0.5) is 5.69 Å². The number of carbonyl (C=O) groups excluding carboxylic acids is 2. The van der Waals surface area contributed by atoms with Gasteiger partial charge in [-0.05, 0) is 46.4 Å². The Balaban J connectivity index is 1.65. The fraction of sp³-hybridized carbons (Fsp3) is 0.600. The van der Waals surface area contributed by atoms with Crippen LogP contribution in [0.15, 0.2) is 24.3 Å². The smallest absolute Gasteiger partial charge is 0.236 e. The molecule has 0 N–H and O–H groups in total. The zero-order chi connectivity index (χ0) is 18.2. The van der Waals surface area contributed by atoms with E-state index < -0.39 is 0 Å². The summed E-state index contributed by atoms with van der Waals surface area (Å²) >= 11 is 0. The molecule has 5 nitrogen and oxygen atoms in total. The van der Waals surface area contributed by atoms with E-state index in [9.17, 15) is 9.59 Å². The molecule has 2 aliphatic rings. The summed E-state index contributed by atoms with van der Waals surface area (Å²) in [6.45, 7) is 8.86. The summed E-state index contributed by atoms with van der Waals surface area (Å²) in [5, 5.41) is 0. The van der Waals surface area contributed by atoms with Crippen LogP contribution in [0, 0.1) is 12.3 Å². The van der Waals surface area contributed by atoms with E-state index in [0.717, 1.165) is 25.2 Å². The Labute approximate surface area is 150 Å². The predicted molar refractivity (Wildman–Crippen MR) is 99.5 cm³/mol. The average molecular weight is 343 g/mol. The monoisotopic (exact) mass is 343 g/mol. The highest BCUT2D eigenvalue weighted by Gasteiger charge is 2.48. The number of anilines is 1. The van der Waals surface area contributed by atoms with Gasteiger partial charge in [0.05, 0.1) is 6.54 Å². The van der Waals surface area contributed by atoms with Gasteiger partial charge < -0.3 is 9.80 Å². The summed E-state index contributed by atoms with van der Waals surface area (Å²) in [5.41, 5.74) is 2.09. The van der Waals surface area contributed by atoms with Crippen molar-refractivity contribution in [2.75, 3.05) is 38.1 Å². The van der Waals surface area contributed by atoms with Crippen molar-refractivity contribution >= 4 is 17.5 Å². The fourth-order valence-electron chi connectivity index (χ4n) is 3.77. The number of likely N-dealkylation sites (tertiary alicyclic amines) is 1. The second kappa shape index (κ2) is 6.79. The highest BCUT2D eigenvalue weighted by Crippen LogP contribution is 2.41. The Morgan fingerprint density at radius 2 is 1.92 bits per heavy atom.